The van der Waals surface area contributed by atoms with Crippen molar-refractivity contribution in [3.63, 3.8) is 0 Å². The molecule has 1 aromatic heterocycles. The average molecular weight is 180 g/mol. The number of pyridine rings is 1. The fraction of sp³-hybridized carbons (Fsp3) is 0.333. The van der Waals surface area contributed by atoms with Crippen LogP contribution in [0.25, 0.3) is 0 Å². The van der Waals surface area contributed by atoms with E-state index in [0.717, 1.165) is 0 Å². The Balaban J connectivity index is 2.75. The molecule has 4 nitrogen and oxygen atoms in total. The molecule has 0 radical (unpaired) electrons. The SMILES string of the molecule is CC(C)(Nc1cccnc1)C(=O)O. The Bertz CT molecular complexity index is 296. The van der Waals surface area contributed by atoms with Gasteiger partial charge in [0.05, 0.1) is 5.69 Å². The molecular weight excluding hydrogens is 168 g/mol. The maximum absolute atomic E-state index is 10.7. The van der Waals surface area contributed by atoms with Crippen LogP contribution in [0.4, 0.5) is 5.69 Å². The summed E-state index contributed by atoms with van der Waals surface area (Å²) in [6.45, 7) is 3.20. The number of hydrogen-bond donors (Lipinski definition) is 2. The Morgan fingerprint density at radius 2 is 2.31 bits per heavy atom. The minimum absolute atomic E-state index is 0.704. The number of hydrogen-bond acceptors (Lipinski definition) is 3. The molecule has 0 spiro atoms. The number of rotatable bonds is 3. The van der Waals surface area contributed by atoms with E-state index in [9.17, 15) is 4.79 Å². The summed E-state index contributed by atoms with van der Waals surface area (Å²) in [5, 5.41) is 11.7. The third-order valence-electron chi connectivity index (χ3n) is 1.65. The van der Waals surface area contributed by atoms with Crippen LogP contribution in [-0.4, -0.2) is 21.6 Å². The first-order valence-electron chi connectivity index (χ1n) is 3.94. The molecule has 13 heavy (non-hydrogen) atoms. The fourth-order valence-corrected chi connectivity index (χ4v) is 0.851. The molecule has 0 aliphatic carbocycles. The summed E-state index contributed by atoms with van der Waals surface area (Å²) in [6, 6.07) is 3.53. The molecule has 4 heteroatoms. The number of carboxylic acids is 1. The largest absolute Gasteiger partial charge is 0.480 e. The molecule has 2 N–H and O–H groups in total. The second-order valence-electron chi connectivity index (χ2n) is 3.30. The molecule has 0 amide bonds. The van der Waals surface area contributed by atoms with Gasteiger partial charge in [0.2, 0.25) is 0 Å². The van der Waals surface area contributed by atoms with Crippen molar-refractivity contribution in [1.29, 1.82) is 0 Å². The lowest BCUT2D eigenvalue weighted by molar-refractivity contribution is -0.141. The first kappa shape index (κ1) is 9.51. The lowest BCUT2D eigenvalue weighted by Gasteiger charge is -2.21. The molecule has 0 aliphatic heterocycles. The molecule has 0 saturated carbocycles. The van der Waals surface area contributed by atoms with Gasteiger partial charge in [-0.15, -0.1) is 0 Å². The zero-order chi connectivity index (χ0) is 9.90. The monoisotopic (exact) mass is 180 g/mol. The van der Waals surface area contributed by atoms with Gasteiger partial charge in [0.1, 0.15) is 5.54 Å². The van der Waals surface area contributed by atoms with Gasteiger partial charge < -0.3 is 10.4 Å². The highest BCUT2D eigenvalue weighted by molar-refractivity contribution is 5.81. The summed E-state index contributed by atoms with van der Waals surface area (Å²) in [6.07, 6.45) is 3.23. The van der Waals surface area contributed by atoms with Crippen LogP contribution in [0.1, 0.15) is 13.8 Å². The van der Waals surface area contributed by atoms with Crippen molar-refractivity contribution >= 4 is 11.7 Å². The third kappa shape index (κ3) is 2.43. The first-order valence-corrected chi connectivity index (χ1v) is 3.94. The summed E-state index contributed by atoms with van der Waals surface area (Å²) >= 11 is 0. The highest BCUT2D eigenvalue weighted by atomic mass is 16.4. The van der Waals surface area contributed by atoms with E-state index < -0.39 is 11.5 Å². The highest BCUT2D eigenvalue weighted by Gasteiger charge is 2.26. The molecule has 0 saturated heterocycles. The van der Waals surface area contributed by atoms with Crippen molar-refractivity contribution in [3.05, 3.63) is 24.5 Å². The van der Waals surface area contributed by atoms with Crippen molar-refractivity contribution < 1.29 is 9.90 Å². The zero-order valence-electron chi connectivity index (χ0n) is 7.61. The van der Waals surface area contributed by atoms with Crippen LogP contribution in [0, 0.1) is 0 Å². The third-order valence-corrected chi connectivity index (χ3v) is 1.65. The minimum Gasteiger partial charge on any atom is -0.480 e. The Morgan fingerprint density at radius 3 is 2.77 bits per heavy atom. The molecule has 1 rings (SSSR count). The maximum Gasteiger partial charge on any atom is 0.328 e. The first-order chi connectivity index (χ1) is 6.02. The number of aromatic nitrogens is 1. The van der Waals surface area contributed by atoms with E-state index in [0.29, 0.717) is 5.69 Å². The molecule has 70 valence electrons. The second-order valence-corrected chi connectivity index (χ2v) is 3.30. The standard InChI is InChI=1S/C9H12N2O2/c1-9(2,8(12)13)11-7-4-3-5-10-6-7/h3-6,11H,1-2H3,(H,12,13). The molecule has 0 fully saturated rings. The number of nitrogens with zero attached hydrogens (tertiary/aromatic N) is 1. The van der Waals surface area contributed by atoms with Gasteiger partial charge in [0.25, 0.3) is 0 Å². The summed E-state index contributed by atoms with van der Waals surface area (Å²) in [7, 11) is 0. The molecule has 0 atom stereocenters. The van der Waals surface area contributed by atoms with Gasteiger partial charge in [0, 0.05) is 12.4 Å². The van der Waals surface area contributed by atoms with E-state index in [1.807, 2.05) is 0 Å². The van der Waals surface area contributed by atoms with Gasteiger partial charge in [-0.25, -0.2) is 4.79 Å². The number of carboxylic acid groups (broad SMARTS) is 1. The Morgan fingerprint density at radius 1 is 1.62 bits per heavy atom. The quantitative estimate of drug-likeness (QED) is 0.737. The van der Waals surface area contributed by atoms with Crippen molar-refractivity contribution in [2.45, 2.75) is 19.4 Å². The molecular formula is C9H12N2O2. The number of aliphatic carboxylic acids is 1. The maximum atomic E-state index is 10.7. The fourth-order valence-electron chi connectivity index (χ4n) is 0.851. The molecule has 1 aromatic rings. The Labute approximate surface area is 76.6 Å². The average Bonchev–Trinajstić information content (AvgIpc) is 2.05. The minimum atomic E-state index is -0.969. The van der Waals surface area contributed by atoms with Gasteiger partial charge in [-0.1, -0.05) is 0 Å². The van der Waals surface area contributed by atoms with Crippen LogP contribution in [0.15, 0.2) is 24.5 Å². The number of nitrogens with one attached hydrogen (secondary N) is 1. The smallest absolute Gasteiger partial charge is 0.328 e. The molecule has 0 aliphatic rings. The predicted molar refractivity (Wildman–Crippen MR) is 49.6 cm³/mol. The summed E-state index contributed by atoms with van der Waals surface area (Å²) in [5.41, 5.74) is -0.266. The van der Waals surface area contributed by atoms with Crippen LogP contribution < -0.4 is 5.32 Å². The van der Waals surface area contributed by atoms with Crippen molar-refractivity contribution in [1.82, 2.24) is 4.98 Å². The van der Waals surface area contributed by atoms with Crippen LogP contribution in [0.5, 0.6) is 0 Å². The van der Waals surface area contributed by atoms with Crippen LogP contribution in [0.3, 0.4) is 0 Å². The Hall–Kier alpha value is -1.58. The van der Waals surface area contributed by atoms with Gasteiger partial charge in [0.15, 0.2) is 0 Å². The number of anilines is 1. The van der Waals surface area contributed by atoms with E-state index in [1.54, 1.807) is 38.4 Å². The number of carbonyl (C=O) groups is 1. The lowest BCUT2D eigenvalue weighted by Crippen LogP contribution is -2.39. The van der Waals surface area contributed by atoms with Crippen molar-refractivity contribution in [3.8, 4) is 0 Å². The van der Waals surface area contributed by atoms with Crippen molar-refractivity contribution in [2.24, 2.45) is 0 Å². The molecule has 0 aromatic carbocycles. The topological polar surface area (TPSA) is 62.2 Å². The normalized spacial score (nSPS) is 10.9. The van der Waals surface area contributed by atoms with Gasteiger partial charge in [-0.3, -0.25) is 4.98 Å². The van der Waals surface area contributed by atoms with Gasteiger partial charge in [-0.05, 0) is 26.0 Å². The van der Waals surface area contributed by atoms with E-state index in [1.165, 1.54) is 0 Å². The lowest BCUT2D eigenvalue weighted by atomic mass is 10.1. The van der Waals surface area contributed by atoms with Crippen molar-refractivity contribution in [2.75, 3.05) is 5.32 Å². The summed E-state index contributed by atoms with van der Waals surface area (Å²) in [5.74, 6) is -0.892. The Kier molecular flexibility index (Phi) is 2.51. The van der Waals surface area contributed by atoms with Crippen LogP contribution in [0.2, 0.25) is 0 Å². The van der Waals surface area contributed by atoms with Crippen LogP contribution in [-0.2, 0) is 4.79 Å². The van der Waals surface area contributed by atoms with Crippen LogP contribution >= 0.6 is 0 Å². The van der Waals surface area contributed by atoms with E-state index in [2.05, 4.69) is 10.3 Å². The highest BCUT2D eigenvalue weighted by Crippen LogP contribution is 2.13. The second kappa shape index (κ2) is 3.43. The zero-order valence-corrected chi connectivity index (χ0v) is 7.61. The predicted octanol–water partition coefficient (Wildman–Crippen LogP) is 1.36. The molecule has 0 bridgehead atoms. The van der Waals surface area contributed by atoms with E-state index >= 15 is 0 Å². The van der Waals surface area contributed by atoms with E-state index in [4.69, 9.17) is 5.11 Å². The summed E-state index contributed by atoms with van der Waals surface area (Å²) < 4.78 is 0. The van der Waals surface area contributed by atoms with Gasteiger partial charge >= 0.3 is 5.97 Å². The van der Waals surface area contributed by atoms with Gasteiger partial charge in [-0.2, -0.15) is 0 Å². The molecule has 0 unspecified atom stereocenters. The summed E-state index contributed by atoms with van der Waals surface area (Å²) in [4.78, 5) is 14.6. The molecule has 1 heterocycles. The van der Waals surface area contributed by atoms with E-state index in [-0.39, 0.29) is 0 Å².